The van der Waals surface area contributed by atoms with E-state index in [1.165, 1.54) is 11.0 Å². The molecule has 3 aromatic rings. The van der Waals surface area contributed by atoms with Crippen LogP contribution in [-0.4, -0.2) is 30.9 Å². The normalized spacial score (nSPS) is 15.4. The number of para-hydroxylation sites is 1. The number of likely N-dealkylation sites (N-methyl/N-ethyl adjacent to an activating group) is 1. The molecule has 0 aromatic heterocycles. The van der Waals surface area contributed by atoms with Crippen LogP contribution in [0.2, 0.25) is 0 Å². The average Bonchev–Trinajstić information content (AvgIpc) is 2.91. The van der Waals surface area contributed by atoms with Gasteiger partial charge in [-0.3, -0.25) is 4.79 Å². The lowest BCUT2D eigenvalue weighted by Crippen LogP contribution is -2.49. The van der Waals surface area contributed by atoms with Gasteiger partial charge in [-0.25, -0.2) is 14.2 Å². The van der Waals surface area contributed by atoms with Crippen molar-refractivity contribution in [3.8, 4) is 0 Å². The third-order valence-corrected chi connectivity index (χ3v) is 5.98. The van der Waals surface area contributed by atoms with E-state index < -0.39 is 23.9 Å². The number of aliphatic imine (C=N–C) groups is 1. The Morgan fingerprint density at radius 3 is 2.55 bits per heavy atom. The summed E-state index contributed by atoms with van der Waals surface area (Å²) in [6.45, 7) is 2.23. The number of fused-ring (bicyclic) bond motifs is 1. The molecule has 3 aromatic carbocycles. The maximum atomic E-state index is 14.7. The maximum absolute atomic E-state index is 14.7. The Labute approximate surface area is 199 Å². The summed E-state index contributed by atoms with van der Waals surface area (Å²) in [6, 6.07) is 18.6. The summed E-state index contributed by atoms with van der Waals surface area (Å²) in [4.78, 5) is 31.8. The monoisotopic (exact) mass is 508 g/mol. The van der Waals surface area contributed by atoms with Gasteiger partial charge in [-0.15, -0.1) is 0 Å². The van der Waals surface area contributed by atoms with Crippen molar-refractivity contribution in [1.29, 1.82) is 0 Å². The minimum Gasteiger partial charge on any atom is -0.334 e. The van der Waals surface area contributed by atoms with Crippen molar-refractivity contribution in [2.45, 2.75) is 19.6 Å². The van der Waals surface area contributed by atoms with Gasteiger partial charge in [0, 0.05) is 29.2 Å². The Kier molecular flexibility index (Phi) is 6.55. The minimum absolute atomic E-state index is 0.255. The van der Waals surface area contributed by atoms with Crippen LogP contribution in [0.5, 0.6) is 0 Å². The fraction of sp³-hybridized carbons (Fsp3) is 0.160. The molecule has 0 aliphatic carbocycles. The average molecular weight is 509 g/mol. The van der Waals surface area contributed by atoms with Gasteiger partial charge in [0.2, 0.25) is 6.17 Å². The Bertz CT molecular complexity index is 1260. The van der Waals surface area contributed by atoms with Crippen molar-refractivity contribution in [2.24, 2.45) is 4.99 Å². The van der Waals surface area contributed by atoms with Crippen LogP contribution in [0.1, 0.15) is 22.3 Å². The van der Waals surface area contributed by atoms with Crippen LogP contribution in [0.3, 0.4) is 0 Å². The lowest BCUT2D eigenvalue weighted by molar-refractivity contribution is -0.119. The van der Waals surface area contributed by atoms with Crippen LogP contribution < -0.4 is 15.5 Å². The van der Waals surface area contributed by atoms with E-state index in [4.69, 9.17) is 0 Å². The first-order valence-electron chi connectivity index (χ1n) is 10.3. The molecule has 33 heavy (non-hydrogen) atoms. The molecule has 1 atom stereocenters. The zero-order valence-corrected chi connectivity index (χ0v) is 19.7. The molecule has 1 aliphatic heterocycles. The maximum Gasteiger partial charge on any atom is 0.317 e. The first kappa shape index (κ1) is 22.7. The fourth-order valence-corrected chi connectivity index (χ4v) is 4.07. The van der Waals surface area contributed by atoms with Crippen LogP contribution in [0.15, 0.2) is 76.2 Å². The number of hydrogen-bond acceptors (Lipinski definition) is 3. The summed E-state index contributed by atoms with van der Waals surface area (Å²) in [5, 5.41) is 5.41. The molecule has 0 saturated carbocycles. The van der Waals surface area contributed by atoms with Crippen molar-refractivity contribution in [2.75, 3.05) is 11.9 Å². The highest BCUT2D eigenvalue weighted by Gasteiger charge is 2.31. The molecule has 0 radical (unpaired) electrons. The first-order valence-corrected chi connectivity index (χ1v) is 11.1. The van der Waals surface area contributed by atoms with E-state index in [9.17, 15) is 14.0 Å². The predicted molar refractivity (Wildman–Crippen MR) is 130 cm³/mol. The van der Waals surface area contributed by atoms with Gasteiger partial charge in [-0.2, -0.15) is 0 Å². The number of carbonyl (C=O) groups is 2. The van der Waals surface area contributed by atoms with Gasteiger partial charge in [0.25, 0.3) is 5.91 Å². The second-order valence-electron chi connectivity index (χ2n) is 7.67. The van der Waals surface area contributed by atoms with Crippen LogP contribution in [0, 0.1) is 12.7 Å². The number of urea groups is 1. The molecule has 3 amide bonds. The fourth-order valence-electron chi connectivity index (χ4n) is 3.67. The van der Waals surface area contributed by atoms with Crippen LogP contribution >= 0.6 is 15.9 Å². The molecule has 2 N–H and O–H groups in total. The van der Waals surface area contributed by atoms with E-state index in [1.54, 1.807) is 49.5 Å². The van der Waals surface area contributed by atoms with Crippen molar-refractivity contribution in [1.82, 2.24) is 10.6 Å². The number of hydrogen-bond donors (Lipinski definition) is 2. The molecular weight excluding hydrogens is 487 g/mol. The molecule has 0 spiro atoms. The third kappa shape index (κ3) is 4.80. The van der Waals surface area contributed by atoms with E-state index >= 15 is 0 Å². The summed E-state index contributed by atoms with van der Waals surface area (Å²) >= 11 is 3.43. The van der Waals surface area contributed by atoms with Crippen LogP contribution in [0.4, 0.5) is 14.9 Å². The second-order valence-corrected chi connectivity index (χ2v) is 8.59. The molecule has 1 aliphatic rings. The topological polar surface area (TPSA) is 73.8 Å². The number of nitrogens with zero attached hydrogens (tertiary/aromatic N) is 2. The molecular formula is C25H22BrFN4O2. The summed E-state index contributed by atoms with van der Waals surface area (Å²) in [5.74, 6) is -0.890. The highest BCUT2D eigenvalue weighted by Crippen LogP contribution is 2.28. The number of amides is 3. The highest BCUT2D eigenvalue weighted by atomic mass is 79.9. The van der Waals surface area contributed by atoms with Gasteiger partial charge in [0.15, 0.2) is 0 Å². The zero-order valence-electron chi connectivity index (χ0n) is 18.1. The van der Waals surface area contributed by atoms with Crippen molar-refractivity contribution in [3.05, 3.63) is 99.3 Å². The van der Waals surface area contributed by atoms with Gasteiger partial charge in [-0.1, -0.05) is 52.3 Å². The standard InChI is InChI=1S/C25H22BrFN4O2/c1-15-11-12-17(26)13-16(15)14-28-25(33)30-23-24(32)31(2)21-10-6-4-8-19(21)22(29-23)18-7-3-5-9-20(18)27/h3-13,23H,14H2,1-2H3,(H2,28,30,33). The summed E-state index contributed by atoms with van der Waals surface area (Å²) in [5.41, 5.74) is 3.71. The quantitative estimate of drug-likeness (QED) is 0.543. The van der Waals surface area contributed by atoms with E-state index in [-0.39, 0.29) is 12.1 Å². The van der Waals surface area contributed by atoms with Gasteiger partial charge >= 0.3 is 6.03 Å². The number of aryl methyl sites for hydroxylation is 1. The lowest BCUT2D eigenvalue weighted by Gasteiger charge is -2.21. The Morgan fingerprint density at radius 1 is 1.09 bits per heavy atom. The number of nitrogens with one attached hydrogen (secondary N) is 2. The van der Waals surface area contributed by atoms with Crippen molar-refractivity contribution in [3.63, 3.8) is 0 Å². The molecule has 168 valence electrons. The predicted octanol–water partition coefficient (Wildman–Crippen LogP) is 4.54. The second kappa shape index (κ2) is 9.54. The van der Waals surface area contributed by atoms with E-state index in [0.717, 1.165) is 15.6 Å². The first-order chi connectivity index (χ1) is 15.8. The molecule has 4 rings (SSSR count). The number of carbonyl (C=O) groups excluding carboxylic acids is 2. The summed E-state index contributed by atoms with van der Waals surface area (Å²) in [7, 11) is 1.61. The Morgan fingerprint density at radius 2 is 1.79 bits per heavy atom. The smallest absolute Gasteiger partial charge is 0.317 e. The molecule has 0 fully saturated rings. The van der Waals surface area contributed by atoms with Gasteiger partial charge < -0.3 is 15.5 Å². The van der Waals surface area contributed by atoms with Crippen molar-refractivity contribution < 1.29 is 14.0 Å². The van der Waals surface area contributed by atoms with E-state index in [1.807, 2.05) is 25.1 Å². The summed E-state index contributed by atoms with van der Waals surface area (Å²) < 4.78 is 15.6. The van der Waals surface area contributed by atoms with E-state index in [2.05, 4.69) is 31.6 Å². The number of rotatable bonds is 4. The molecule has 8 heteroatoms. The molecule has 1 heterocycles. The lowest BCUT2D eigenvalue weighted by atomic mass is 10.00. The van der Waals surface area contributed by atoms with Gasteiger partial charge in [0.05, 0.1) is 11.4 Å². The molecule has 6 nitrogen and oxygen atoms in total. The SMILES string of the molecule is Cc1ccc(Br)cc1CNC(=O)NC1N=C(c2ccccc2F)c2ccccc2N(C)C1=O. The summed E-state index contributed by atoms with van der Waals surface area (Å²) in [6.07, 6.45) is -1.22. The Balaban J connectivity index is 1.64. The number of anilines is 1. The minimum atomic E-state index is -1.22. The highest BCUT2D eigenvalue weighted by molar-refractivity contribution is 9.10. The molecule has 0 bridgehead atoms. The Hall–Kier alpha value is -3.52. The van der Waals surface area contributed by atoms with Crippen molar-refractivity contribution >= 4 is 39.3 Å². The van der Waals surface area contributed by atoms with Crippen LogP contribution in [-0.2, 0) is 11.3 Å². The van der Waals surface area contributed by atoms with E-state index in [0.29, 0.717) is 17.0 Å². The zero-order chi connectivity index (χ0) is 23.5. The molecule has 0 saturated heterocycles. The largest absolute Gasteiger partial charge is 0.334 e. The molecule has 1 unspecified atom stereocenters. The number of halogens is 2. The number of benzene rings is 3. The van der Waals surface area contributed by atoms with Gasteiger partial charge in [0.1, 0.15) is 5.82 Å². The van der Waals surface area contributed by atoms with Gasteiger partial charge in [-0.05, 0) is 48.4 Å². The third-order valence-electron chi connectivity index (χ3n) is 5.49. The van der Waals surface area contributed by atoms with Crippen LogP contribution in [0.25, 0.3) is 0 Å². The number of benzodiazepines with no additional fused rings is 1.